The Labute approximate surface area is 106 Å². The van der Waals surface area contributed by atoms with Crippen LogP contribution in [0.15, 0.2) is 18.2 Å². The molecule has 1 aliphatic heterocycles. The summed E-state index contributed by atoms with van der Waals surface area (Å²) in [6.07, 6.45) is 1.65. The third-order valence-corrected chi connectivity index (χ3v) is 3.22. The van der Waals surface area contributed by atoms with Crippen LogP contribution in [-0.4, -0.2) is 19.0 Å². The molecule has 1 fully saturated rings. The highest BCUT2D eigenvalue weighted by atomic mass is 16.6. The molecule has 0 amide bonds. The predicted molar refractivity (Wildman–Crippen MR) is 65.4 cm³/mol. The number of benzene rings is 1. The Kier molecular flexibility index (Phi) is 3.65. The van der Waals surface area contributed by atoms with Crippen molar-refractivity contribution in [1.29, 1.82) is 0 Å². The summed E-state index contributed by atoms with van der Waals surface area (Å²) in [4.78, 5) is 22.7. The predicted octanol–water partition coefficient (Wildman–Crippen LogP) is 2.20. The van der Waals surface area contributed by atoms with E-state index in [-0.39, 0.29) is 5.92 Å². The van der Waals surface area contributed by atoms with Gasteiger partial charge >= 0.3 is 11.9 Å². The molecule has 18 heavy (non-hydrogen) atoms. The fourth-order valence-electron chi connectivity index (χ4n) is 2.21. The topological polar surface area (TPSA) is 52.6 Å². The largest absolute Gasteiger partial charge is 0.496 e. The van der Waals surface area contributed by atoms with Crippen molar-refractivity contribution in [2.75, 3.05) is 7.11 Å². The minimum atomic E-state index is -0.446. The zero-order valence-corrected chi connectivity index (χ0v) is 10.6. The molecule has 1 aromatic carbocycles. The molecule has 1 aromatic rings. The Morgan fingerprint density at radius 3 is 2.78 bits per heavy atom. The molecule has 1 unspecified atom stereocenters. The molecule has 0 aliphatic carbocycles. The van der Waals surface area contributed by atoms with Gasteiger partial charge in [-0.2, -0.15) is 0 Å². The van der Waals surface area contributed by atoms with Gasteiger partial charge in [-0.15, -0.1) is 0 Å². The second kappa shape index (κ2) is 5.21. The summed E-state index contributed by atoms with van der Waals surface area (Å²) < 4.78 is 9.93. The van der Waals surface area contributed by atoms with Crippen LogP contribution in [0.4, 0.5) is 0 Å². The summed E-state index contributed by atoms with van der Waals surface area (Å²) in [6.45, 7) is 2.03. The lowest BCUT2D eigenvalue weighted by atomic mass is 9.91. The number of carbonyl (C=O) groups is 2. The molecule has 0 N–H and O–H groups in total. The molecule has 0 bridgehead atoms. The van der Waals surface area contributed by atoms with Crippen LogP contribution in [0.5, 0.6) is 5.75 Å². The van der Waals surface area contributed by atoms with Crippen molar-refractivity contribution in [2.24, 2.45) is 0 Å². The van der Waals surface area contributed by atoms with E-state index in [4.69, 9.17) is 4.74 Å². The van der Waals surface area contributed by atoms with E-state index >= 15 is 0 Å². The zero-order chi connectivity index (χ0) is 13.1. The molecule has 4 nitrogen and oxygen atoms in total. The summed E-state index contributed by atoms with van der Waals surface area (Å²) in [5.41, 5.74) is 1.95. The number of esters is 2. The maximum Gasteiger partial charge on any atom is 0.321 e. The highest BCUT2D eigenvalue weighted by Gasteiger charge is 2.30. The lowest BCUT2D eigenvalue weighted by molar-refractivity contribution is -0.164. The van der Waals surface area contributed by atoms with Crippen molar-refractivity contribution in [3.05, 3.63) is 29.3 Å². The molecule has 1 heterocycles. The van der Waals surface area contributed by atoms with Crippen LogP contribution in [0.2, 0.25) is 0 Å². The van der Waals surface area contributed by atoms with Crippen LogP contribution >= 0.6 is 0 Å². The van der Waals surface area contributed by atoms with Gasteiger partial charge in [-0.25, -0.2) is 0 Å². The average molecular weight is 248 g/mol. The first-order valence-corrected chi connectivity index (χ1v) is 6.07. The standard InChI is InChI=1S/C14H16O4/c1-3-9-8-10(4-6-12(9)17-2)11-5-7-13(15)18-14(11)16/h4,6,8,11H,3,5,7H2,1-2H3. The van der Waals surface area contributed by atoms with Gasteiger partial charge in [-0.05, 0) is 30.0 Å². The molecular weight excluding hydrogens is 232 g/mol. The molecule has 96 valence electrons. The Morgan fingerprint density at radius 1 is 1.39 bits per heavy atom. The van der Waals surface area contributed by atoms with E-state index in [1.54, 1.807) is 7.11 Å². The third kappa shape index (κ3) is 2.37. The molecule has 4 heteroatoms. The molecule has 0 aromatic heterocycles. The summed E-state index contributed by atoms with van der Waals surface area (Å²) in [6, 6.07) is 5.68. The minimum absolute atomic E-state index is 0.296. The molecule has 1 aliphatic rings. The first kappa shape index (κ1) is 12.6. The van der Waals surface area contributed by atoms with E-state index < -0.39 is 11.9 Å². The maximum atomic E-state index is 11.7. The van der Waals surface area contributed by atoms with E-state index in [2.05, 4.69) is 4.74 Å². The Bertz CT molecular complexity index is 479. The quantitative estimate of drug-likeness (QED) is 0.608. The number of methoxy groups -OCH3 is 1. The van der Waals surface area contributed by atoms with Crippen molar-refractivity contribution >= 4 is 11.9 Å². The molecule has 2 rings (SSSR count). The maximum absolute atomic E-state index is 11.7. The van der Waals surface area contributed by atoms with E-state index in [0.29, 0.717) is 12.8 Å². The van der Waals surface area contributed by atoms with Crippen LogP contribution in [0.25, 0.3) is 0 Å². The zero-order valence-electron chi connectivity index (χ0n) is 10.6. The number of cyclic esters (lactones) is 2. The molecule has 0 radical (unpaired) electrons. The average Bonchev–Trinajstić information content (AvgIpc) is 2.38. The fraction of sp³-hybridized carbons (Fsp3) is 0.429. The Hall–Kier alpha value is -1.84. The monoisotopic (exact) mass is 248 g/mol. The van der Waals surface area contributed by atoms with Crippen LogP contribution < -0.4 is 4.74 Å². The highest BCUT2D eigenvalue weighted by molar-refractivity contribution is 5.92. The first-order valence-electron chi connectivity index (χ1n) is 6.07. The van der Waals surface area contributed by atoms with Crippen LogP contribution in [-0.2, 0) is 20.7 Å². The lowest BCUT2D eigenvalue weighted by Gasteiger charge is -2.20. The number of rotatable bonds is 3. The van der Waals surface area contributed by atoms with Gasteiger partial charge in [0.05, 0.1) is 13.0 Å². The molecule has 1 saturated heterocycles. The van der Waals surface area contributed by atoms with Gasteiger partial charge in [0.15, 0.2) is 0 Å². The van der Waals surface area contributed by atoms with Gasteiger partial charge in [0.2, 0.25) is 0 Å². The summed E-state index contributed by atoms with van der Waals surface area (Å²) in [5, 5.41) is 0. The SMILES string of the molecule is CCc1cc(C2CCC(=O)OC2=O)ccc1OC. The third-order valence-electron chi connectivity index (χ3n) is 3.22. The van der Waals surface area contributed by atoms with E-state index in [1.807, 2.05) is 25.1 Å². The van der Waals surface area contributed by atoms with Crippen LogP contribution in [0.1, 0.15) is 36.8 Å². The molecule has 0 spiro atoms. The molecule has 0 saturated carbocycles. The van der Waals surface area contributed by atoms with Crippen molar-refractivity contribution < 1.29 is 19.1 Å². The fourth-order valence-corrected chi connectivity index (χ4v) is 2.21. The van der Waals surface area contributed by atoms with Gasteiger partial charge in [0.1, 0.15) is 5.75 Å². The van der Waals surface area contributed by atoms with E-state index in [9.17, 15) is 9.59 Å². The van der Waals surface area contributed by atoms with Crippen molar-refractivity contribution in [2.45, 2.75) is 32.1 Å². The lowest BCUT2D eigenvalue weighted by Crippen LogP contribution is -2.26. The summed E-state index contributed by atoms with van der Waals surface area (Å²) in [7, 11) is 1.63. The van der Waals surface area contributed by atoms with Crippen LogP contribution in [0, 0.1) is 0 Å². The smallest absolute Gasteiger partial charge is 0.321 e. The van der Waals surface area contributed by atoms with Crippen molar-refractivity contribution in [3.63, 3.8) is 0 Å². The highest BCUT2D eigenvalue weighted by Crippen LogP contribution is 2.30. The Balaban J connectivity index is 2.28. The van der Waals surface area contributed by atoms with Crippen LogP contribution in [0.3, 0.4) is 0 Å². The van der Waals surface area contributed by atoms with Crippen molar-refractivity contribution in [1.82, 2.24) is 0 Å². The van der Waals surface area contributed by atoms with Gasteiger partial charge in [-0.3, -0.25) is 9.59 Å². The summed E-state index contributed by atoms with van der Waals surface area (Å²) >= 11 is 0. The second-order valence-electron chi connectivity index (χ2n) is 4.31. The first-order chi connectivity index (χ1) is 8.65. The normalized spacial score (nSPS) is 19.6. The molecular formula is C14H16O4. The van der Waals surface area contributed by atoms with E-state index in [1.165, 1.54) is 0 Å². The number of aryl methyl sites for hydroxylation is 1. The minimum Gasteiger partial charge on any atom is -0.496 e. The van der Waals surface area contributed by atoms with Crippen molar-refractivity contribution in [3.8, 4) is 5.75 Å². The van der Waals surface area contributed by atoms with Gasteiger partial charge in [0, 0.05) is 6.42 Å². The van der Waals surface area contributed by atoms with E-state index in [0.717, 1.165) is 23.3 Å². The number of carbonyl (C=O) groups excluding carboxylic acids is 2. The number of hydrogen-bond acceptors (Lipinski definition) is 4. The van der Waals surface area contributed by atoms with Gasteiger partial charge in [0.25, 0.3) is 0 Å². The number of hydrogen-bond donors (Lipinski definition) is 0. The number of ether oxygens (including phenoxy) is 2. The molecule has 1 atom stereocenters. The second-order valence-corrected chi connectivity index (χ2v) is 4.31. The Morgan fingerprint density at radius 2 is 2.17 bits per heavy atom. The van der Waals surface area contributed by atoms with Gasteiger partial charge < -0.3 is 9.47 Å². The summed E-state index contributed by atoms with van der Waals surface area (Å²) in [5.74, 6) is -0.389. The van der Waals surface area contributed by atoms with Gasteiger partial charge in [-0.1, -0.05) is 19.1 Å².